The third kappa shape index (κ3) is 3.60. The van der Waals surface area contributed by atoms with Crippen molar-refractivity contribution in [1.29, 1.82) is 5.26 Å². The van der Waals surface area contributed by atoms with Crippen LogP contribution in [-0.2, 0) is 4.79 Å². The molecule has 3 rings (SSSR count). The van der Waals surface area contributed by atoms with Crippen molar-refractivity contribution in [3.8, 4) is 6.07 Å². The number of hydrogen-bond acceptors (Lipinski definition) is 6. The van der Waals surface area contributed by atoms with Crippen LogP contribution in [0.3, 0.4) is 0 Å². The van der Waals surface area contributed by atoms with E-state index in [0.29, 0.717) is 11.7 Å². The first-order valence-electron chi connectivity index (χ1n) is 8.07. The molecule has 0 aliphatic rings. The van der Waals surface area contributed by atoms with E-state index in [1.165, 1.54) is 18.0 Å². The SMILES string of the molecule is CCN(C(=O)CSc1ncc(C#N)c(N)n1)c1cccc2ccccc12. The van der Waals surface area contributed by atoms with Crippen LogP contribution < -0.4 is 10.6 Å². The summed E-state index contributed by atoms with van der Waals surface area (Å²) < 4.78 is 0. The molecule has 0 atom stereocenters. The first kappa shape index (κ1) is 17.7. The molecule has 2 N–H and O–H groups in total. The maximum absolute atomic E-state index is 12.8. The summed E-state index contributed by atoms with van der Waals surface area (Å²) in [5.41, 5.74) is 6.81. The van der Waals surface area contributed by atoms with Crippen LogP contribution in [0.4, 0.5) is 11.5 Å². The van der Waals surface area contributed by atoms with Crippen molar-refractivity contribution in [2.45, 2.75) is 12.1 Å². The van der Waals surface area contributed by atoms with E-state index in [9.17, 15) is 4.79 Å². The maximum atomic E-state index is 12.8. The monoisotopic (exact) mass is 363 g/mol. The smallest absolute Gasteiger partial charge is 0.237 e. The van der Waals surface area contributed by atoms with Gasteiger partial charge in [0.1, 0.15) is 17.5 Å². The summed E-state index contributed by atoms with van der Waals surface area (Å²) in [6.07, 6.45) is 1.37. The zero-order valence-corrected chi connectivity index (χ0v) is 15.0. The minimum absolute atomic E-state index is 0.0413. The number of fused-ring (bicyclic) bond motifs is 1. The average molecular weight is 363 g/mol. The van der Waals surface area contributed by atoms with Crippen molar-refractivity contribution in [2.24, 2.45) is 0 Å². The summed E-state index contributed by atoms with van der Waals surface area (Å²) in [5.74, 6) is 0.266. The van der Waals surface area contributed by atoms with Gasteiger partial charge in [0.25, 0.3) is 0 Å². The molecule has 0 aliphatic carbocycles. The topological polar surface area (TPSA) is 95.9 Å². The quantitative estimate of drug-likeness (QED) is 0.552. The molecule has 3 aromatic rings. The van der Waals surface area contributed by atoms with E-state index in [0.717, 1.165) is 16.5 Å². The fourth-order valence-electron chi connectivity index (χ4n) is 2.66. The Labute approximate surface area is 155 Å². The van der Waals surface area contributed by atoms with Crippen LogP contribution in [-0.4, -0.2) is 28.2 Å². The van der Waals surface area contributed by atoms with Gasteiger partial charge in [-0.3, -0.25) is 4.79 Å². The molecule has 0 unspecified atom stereocenters. The van der Waals surface area contributed by atoms with Crippen LogP contribution in [0.15, 0.2) is 53.8 Å². The van der Waals surface area contributed by atoms with Crippen molar-refractivity contribution in [3.05, 3.63) is 54.2 Å². The number of nitrogen functional groups attached to an aromatic ring is 1. The lowest BCUT2D eigenvalue weighted by molar-refractivity contribution is -0.116. The van der Waals surface area contributed by atoms with E-state index >= 15 is 0 Å². The molecule has 0 saturated heterocycles. The number of nitrogens with two attached hydrogens (primary N) is 1. The van der Waals surface area contributed by atoms with Gasteiger partial charge in [-0.25, -0.2) is 9.97 Å². The number of amides is 1. The van der Waals surface area contributed by atoms with Crippen LogP contribution in [0.2, 0.25) is 0 Å². The number of thioether (sulfide) groups is 1. The number of anilines is 2. The Kier molecular flexibility index (Phi) is 5.34. The Balaban J connectivity index is 1.79. The molecular formula is C19H17N5OS. The Bertz CT molecular complexity index is 993. The zero-order chi connectivity index (χ0) is 18.5. The molecule has 0 spiro atoms. The predicted octanol–water partition coefficient (Wildman–Crippen LogP) is 3.23. The number of nitriles is 1. The third-order valence-corrected chi connectivity index (χ3v) is 4.76. The summed E-state index contributed by atoms with van der Waals surface area (Å²) in [5, 5.41) is 11.4. The van der Waals surface area contributed by atoms with Gasteiger partial charge >= 0.3 is 0 Å². The zero-order valence-electron chi connectivity index (χ0n) is 14.2. The molecule has 0 radical (unpaired) electrons. The molecule has 130 valence electrons. The van der Waals surface area contributed by atoms with Crippen molar-refractivity contribution in [2.75, 3.05) is 22.9 Å². The standard InChI is InChI=1S/C19H17N5OS/c1-2-24(16-9-5-7-13-6-3-4-8-15(13)16)17(25)12-26-19-22-11-14(10-20)18(21)23-19/h3-9,11H,2,12H2,1H3,(H2,21,22,23). The molecule has 7 heteroatoms. The second-order valence-corrected chi connectivity index (χ2v) is 6.43. The average Bonchev–Trinajstić information content (AvgIpc) is 2.67. The fourth-order valence-corrected chi connectivity index (χ4v) is 3.36. The summed E-state index contributed by atoms with van der Waals surface area (Å²) in [7, 11) is 0. The minimum atomic E-state index is -0.0413. The van der Waals surface area contributed by atoms with Crippen LogP contribution in [0.5, 0.6) is 0 Å². The fraction of sp³-hybridized carbons (Fsp3) is 0.158. The van der Waals surface area contributed by atoms with Gasteiger partial charge in [0.15, 0.2) is 5.16 Å². The van der Waals surface area contributed by atoms with E-state index < -0.39 is 0 Å². The molecule has 26 heavy (non-hydrogen) atoms. The normalized spacial score (nSPS) is 10.5. The molecule has 0 fully saturated rings. The van der Waals surface area contributed by atoms with Gasteiger partial charge in [0.2, 0.25) is 5.91 Å². The largest absolute Gasteiger partial charge is 0.382 e. The van der Waals surface area contributed by atoms with Gasteiger partial charge in [0, 0.05) is 11.9 Å². The molecule has 0 aliphatic heterocycles. The lowest BCUT2D eigenvalue weighted by Gasteiger charge is -2.22. The van der Waals surface area contributed by atoms with Crippen LogP contribution in [0.1, 0.15) is 12.5 Å². The van der Waals surface area contributed by atoms with Gasteiger partial charge in [-0.05, 0) is 18.4 Å². The number of carbonyl (C=O) groups excluding carboxylic acids is 1. The molecule has 2 aromatic carbocycles. The lowest BCUT2D eigenvalue weighted by atomic mass is 10.1. The molecular weight excluding hydrogens is 346 g/mol. The van der Waals surface area contributed by atoms with E-state index in [2.05, 4.69) is 9.97 Å². The number of carbonyl (C=O) groups is 1. The van der Waals surface area contributed by atoms with Crippen molar-refractivity contribution in [1.82, 2.24) is 9.97 Å². The highest BCUT2D eigenvalue weighted by Crippen LogP contribution is 2.27. The summed E-state index contributed by atoms with van der Waals surface area (Å²) in [6, 6.07) is 15.8. The molecule has 1 amide bonds. The highest BCUT2D eigenvalue weighted by Gasteiger charge is 2.17. The van der Waals surface area contributed by atoms with Crippen molar-refractivity contribution in [3.63, 3.8) is 0 Å². The first-order chi connectivity index (χ1) is 12.6. The van der Waals surface area contributed by atoms with E-state index in [1.807, 2.05) is 55.5 Å². The Morgan fingerprint density at radius 2 is 2.04 bits per heavy atom. The van der Waals surface area contributed by atoms with Crippen molar-refractivity contribution >= 4 is 39.9 Å². The molecule has 6 nitrogen and oxygen atoms in total. The molecule has 1 aromatic heterocycles. The first-order valence-corrected chi connectivity index (χ1v) is 9.06. The van der Waals surface area contributed by atoms with Crippen LogP contribution in [0.25, 0.3) is 10.8 Å². The number of rotatable bonds is 5. The maximum Gasteiger partial charge on any atom is 0.237 e. The van der Waals surface area contributed by atoms with E-state index in [1.54, 1.807) is 4.90 Å². The second kappa shape index (κ2) is 7.85. The predicted molar refractivity (Wildman–Crippen MR) is 104 cm³/mol. The number of aromatic nitrogens is 2. The molecule has 0 bridgehead atoms. The number of benzene rings is 2. The summed E-state index contributed by atoms with van der Waals surface area (Å²) in [4.78, 5) is 22.6. The van der Waals surface area contributed by atoms with Crippen molar-refractivity contribution < 1.29 is 4.79 Å². The highest BCUT2D eigenvalue weighted by molar-refractivity contribution is 7.99. The Morgan fingerprint density at radius 1 is 1.27 bits per heavy atom. The van der Waals surface area contributed by atoms with Gasteiger partial charge in [0.05, 0.1) is 17.6 Å². The summed E-state index contributed by atoms with van der Waals surface area (Å²) in [6.45, 7) is 2.50. The van der Waals surface area contributed by atoms with Crippen LogP contribution >= 0.6 is 11.8 Å². The van der Waals surface area contributed by atoms with Gasteiger partial charge in [-0.15, -0.1) is 0 Å². The molecule has 1 heterocycles. The lowest BCUT2D eigenvalue weighted by Crippen LogP contribution is -2.32. The van der Waals surface area contributed by atoms with Gasteiger partial charge in [-0.2, -0.15) is 5.26 Å². The van der Waals surface area contributed by atoms with E-state index in [4.69, 9.17) is 11.0 Å². The Hall–Kier alpha value is -3.11. The number of nitrogens with zero attached hydrogens (tertiary/aromatic N) is 4. The number of hydrogen-bond donors (Lipinski definition) is 1. The third-order valence-electron chi connectivity index (χ3n) is 3.92. The van der Waals surface area contributed by atoms with E-state index in [-0.39, 0.29) is 23.0 Å². The highest BCUT2D eigenvalue weighted by atomic mass is 32.2. The van der Waals surface area contributed by atoms with Crippen LogP contribution in [0, 0.1) is 11.3 Å². The second-order valence-electron chi connectivity index (χ2n) is 5.49. The van der Waals surface area contributed by atoms with Gasteiger partial charge in [-0.1, -0.05) is 48.2 Å². The van der Waals surface area contributed by atoms with Gasteiger partial charge < -0.3 is 10.6 Å². The summed E-state index contributed by atoms with van der Waals surface area (Å²) >= 11 is 1.20. The molecule has 0 saturated carbocycles. The Morgan fingerprint density at radius 3 is 2.77 bits per heavy atom. The minimum Gasteiger partial charge on any atom is -0.382 e.